The van der Waals surface area contributed by atoms with Gasteiger partial charge in [0.25, 0.3) is 0 Å². The number of thioether (sulfide) groups is 2. The molecule has 80 valence electrons. The van der Waals surface area contributed by atoms with Crippen LogP contribution in [0.5, 0.6) is 0 Å². The van der Waals surface area contributed by atoms with Crippen molar-refractivity contribution in [3.63, 3.8) is 0 Å². The van der Waals surface area contributed by atoms with Gasteiger partial charge < -0.3 is 0 Å². The average molecular weight is 266 g/mol. The third-order valence-corrected chi connectivity index (χ3v) is 5.98. The molecule has 0 unspecified atom stereocenters. The minimum atomic E-state index is 0.263. The Balaban J connectivity index is 2.45. The van der Waals surface area contributed by atoms with Gasteiger partial charge in [0, 0.05) is 5.75 Å². The molecule has 1 heterocycles. The second-order valence-corrected chi connectivity index (χ2v) is 7.22. The van der Waals surface area contributed by atoms with E-state index >= 15 is 0 Å². The van der Waals surface area contributed by atoms with E-state index in [1.807, 2.05) is 6.26 Å². The first-order chi connectivity index (χ1) is 6.57. The van der Waals surface area contributed by atoms with Crippen molar-refractivity contribution in [1.29, 1.82) is 0 Å². The highest BCUT2D eigenvalue weighted by atomic mass is 32.2. The third-order valence-electron chi connectivity index (χ3n) is 1.58. The highest BCUT2D eigenvalue weighted by Crippen LogP contribution is 2.32. The average Bonchev–Trinajstić information content (AvgIpc) is 2.63. The summed E-state index contributed by atoms with van der Waals surface area (Å²) < 4.78 is 2.10. The van der Waals surface area contributed by atoms with Gasteiger partial charge in [-0.2, -0.15) is 12.6 Å². The van der Waals surface area contributed by atoms with Gasteiger partial charge in [-0.05, 0) is 17.4 Å². The number of hydrogen-bond acceptors (Lipinski definition) is 6. The molecular weight excluding hydrogens is 252 g/mol. The quantitative estimate of drug-likeness (QED) is 0.653. The zero-order valence-corrected chi connectivity index (χ0v) is 11.8. The summed E-state index contributed by atoms with van der Waals surface area (Å²) in [6.45, 7) is 4.42. The molecule has 0 aliphatic carbocycles. The Bertz CT molecular complexity index is 285. The summed E-state index contributed by atoms with van der Waals surface area (Å²) in [4.78, 5) is 0. The van der Waals surface area contributed by atoms with Crippen molar-refractivity contribution in [1.82, 2.24) is 10.2 Å². The van der Waals surface area contributed by atoms with E-state index in [0.717, 1.165) is 20.2 Å². The molecule has 0 bridgehead atoms. The van der Waals surface area contributed by atoms with Crippen molar-refractivity contribution in [3.8, 4) is 0 Å². The predicted octanol–water partition coefficient (Wildman–Crippen LogP) is 3.31. The molecule has 0 radical (unpaired) electrons. The summed E-state index contributed by atoms with van der Waals surface area (Å²) in [7, 11) is 0. The van der Waals surface area contributed by atoms with E-state index in [9.17, 15) is 0 Å². The fraction of sp³-hybridized carbons (Fsp3) is 0.750. The molecule has 0 saturated heterocycles. The predicted molar refractivity (Wildman–Crippen MR) is 70.0 cm³/mol. The molecule has 0 amide bonds. The lowest BCUT2D eigenvalue weighted by atomic mass is 10.0. The number of nitrogens with zero attached hydrogens (tertiary/aromatic N) is 2. The Kier molecular flexibility index (Phi) is 5.10. The second kappa shape index (κ2) is 5.63. The summed E-state index contributed by atoms with van der Waals surface area (Å²) in [5.41, 5.74) is 0.263. The van der Waals surface area contributed by atoms with Crippen LogP contribution in [-0.4, -0.2) is 28.0 Å². The highest BCUT2D eigenvalue weighted by molar-refractivity contribution is 8.03. The molecule has 0 saturated carbocycles. The lowest BCUT2D eigenvalue weighted by molar-refractivity contribution is 0.493. The van der Waals surface area contributed by atoms with Gasteiger partial charge in [-0.25, -0.2) is 0 Å². The smallest absolute Gasteiger partial charge is 0.175 e. The molecule has 0 fully saturated rings. The van der Waals surface area contributed by atoms with E-state index < -0.39 is 0 Å². The van der Waals surface area contributed by atoms with Gasteiger partial charge in [-0.3, -0.25) is 0 Å². The number of rotatable bonds is 5. The SMILES string of the molecule is CSc1nnc(SCC(C)(C)CS)s1. The van der Waals surface area contributed by atoms with Gasteiger partial charge >= 0.3 is 0 Å². The zero-order chi connectivity index (χ0) is 10.6. The van der Waals surface area contributed by atoms with E-state index in [4.69, 9.17) is 0 Å². The van der Waals surface area contributed by atoms with Crippen molar-refractivity contribution in [2.75, 3.05) is 17.8 Å². The van der Waals surface area contributed by atoms with Crippen LogP contribution in [0.2, 0.25) is 0 Å². The van der Waals surface area contributed by atoms with Crippen molar-refractivity contribution in [2.45, 2.75) is 22.5 Å². The normalized spacial score (nSPS) is 12.0. The van der Waals surface area contributed by atoms with Crippen LogP contribution in [0.1, 0.15) is 13.8 Å². The molecule has 0 atom stereocenters. The van der Waals surface area contributed by atoms with E-state index in [1.165, 1.54) is 0 Å². The molecule has 0 aromatic carbocycles. The maximum absolute atomic E-state index is 4.32. The number of hydrogen-bond donors (Lipinski definition) is 1. The second-order valence-electron chi connectivity index (χ2n) is 3.65. The van der Waals surface area contributed by atoms with E-state index in [1.54, 1.807) is 34.9 Å². The number of thiol groups is 1. The molecule has 0 aliphatic rings. The van der Waals surface area contributed by atoms with Gasteiger partial charge in [-0.15, -0.1) is 10.2 Å². The summed E-state index contributed by atoms with van der Waals surface area (Å²) in [6, 6.07) is 0. The zero-order valence-electron chi connectivity index (χ0n) is 8.48. The van der Waals surface area contributed by atoms with Crippen LogP contribution in [0.4, 0.5) is 0 Å². The lowest BCUT2D eigenvalue weighted by Crippen LogP contribution is -2.16. The Labute approximate surface area is 103 Å². The fourth-order valence-electron chi connectivity index (χ4n) is 0.641. The standard InChI is InChI=1S/C8H14N2S4/c1-8(2,4-11)5-13-7-10-9-6(12-3)14-7/h11H,4-5H2,1-3H3. The van der Waals surface area contributed by atoms with Crippen LogP contribution in [0.25, 0.3) is 0 Å². The molecule has 2 nitrogen and oxygen atoms in total. The van der Waals surface area contributed by atoms with Crippen LogP contribution in [-0.2, 0) is 0 Å². The van der Waals surface area contributed by atoms with Crippen LogP contribution >= 0.6 is 47.5 Å². The first-order valence-corrected chi connectivity index (χ1v) is 7.84. The maximum atomic E-state index is 4.32. The molecular formula is C8H14N2S4. The van der Waals surface area contributed by atoms with Gasteiger partial charge in [0.05, 0.1) is 0 Å². The summed E-state index contributed by atoms with van der Waals surface area (Å²) in [5, 5.41) is 8.16. The molecule has 6 heteroatoms. The van der Waals surface area contributed by atoms with Crippen LogP contribution in [0, 0.1) is 5.41 Å². The van der Waals surface area contributed by atoms with Gasteiger partial charge in [0.2, 0.25) is 0 Å². The van der Waals surface area contributed by atoms with Crippen LogP contribution < -0.4 is 0 Å². The molecule has 1 rings (SSSR count). The highest BCUT2D eigenvalue weighted by Gasteiger charge is 2.17. The summed E-state index contributed by atoms with van der Waals surface area (Å²) in [5.74, 6) is 1.94. The first kappa shape index (κ1) is 12.7. The van der Waals surface area contributed by atoms with Crippen LogP contribution in [0.15, 0.2) is 8.68 Å². The summed E-state index contributed by atoms with van der Waals surface area (Å²) in [6.07, 6.45) is 2.02. The van der Waals surface area contributed by atoms with Gasteiger partial charge in [0.1, 0.15) is 0 Å². The van der Waals surface area contributed by atoms with Crippen molar-refractivity contribution < 1.29 is 0 Å². The Hall–Kier alpha value is 0.610. The van der Waals surface area contributed by atoms with Crippen molar-refractivity contribution in [2.24, 2.45) is 5.41 Å². The monoisotopic (exact) mass is 266 g/mol. The Morgan fingerprint density at radius 1 is 1.36 bits per heavy atom. The van der Waals surface area contributed by atoms with Gasteiger partial charge in [-0.1, -0.05) is 48.7 Å². The van der Waals surface area contributed by atoms with Gasteiger partial charge in [0.15, 0.2) is 8.68 Å². The van der Waals surface area contributed by atoms with Crippen molar-refractivity contribution in [3.05, 3.63) is 0 Å². The molecule has 0 N–H and O–H groups in total. The number of aromatic nitrogens is 2. The Morgan fingerprint density at radius 2 is 2.00 bits per heavy atom. The molecule has 0 spiro atoms. The van der Waals surface area contributed by atoms with Crippen LogP contribution in [0.3, 0.4) is 0 Å². The largest absolute Gasteiger partial charge is 0.179 e. The summed E-state index contributed by atoms with van der Waals surface area (Å²) >= 11 is 9.40. The van der Waals surface area contributed by atoms with E-state index in [0.29, 0.717) is 0 Å². The lowest BCUT2D eigenvalue weighted by Gasteiger charge is -2.19. The molecule has 0 aliphatic heterocycles. The van der Waals surface area contributed by atoms with Crippen molar-refractivity contribution >= 4 is 47.5 Å². The molecule has 1 aromatic heterocycles. The topological polar surface area (TPSA) is 25.8 Å². The minimum Gasteiger partial charge on any atom is -0.179 e. The minimum absolute atomic E-state index is 0.263. The Morgan fingerprint density at radius 3 is 2.50 bits per heavy atom. The fourth-order valence-corrected chi connectivity index (χ4v) is 3.43. The maximum Gasteiger partial charge on any atom is 0.175 e. The molecule has 14 heavy (non-hydrogen) atoms. The third kappa shape index (κ3) is 4.00. The molecule has 1 aromatic rings. The first-order valence-electron chi connectivity index (χ1n) is 4.18. The van der Waals surface area contributed by atoms with E-state index in [-0.39, 0.29) is 5.41 Å². The van der Waals surface area contributed by atoms with E-state index in [2.05, 4.69) is 36.7 Å².